The van der Waals surface area contributed by atoms with Crippen LogP contribution in [-0.2, 0) is 39.3 Å². The number of anilines is 1. The lowest BCUT2D eigenvalue weighted by atomic mass is 9.93. The number of methoxy groups -OCH3 is 3. The molecule has 1 aromatic carbocycles. The molecule has 0 saturated carbocycles. The molecule has 0 aliphatic rings. The molecular weight excluding hydrogens is 587 g/mol. The van der Waals surface area contributed by atoms with Crippen molar-refractivity contribution in [2.75, 3.05) is 33.7 Å². The molecule has 0 saturated heterocycles. The van der Waals surface area contributed by atoms with Crippen molar-refractivity contribution in [2.45, 2.75) is 50.2 Å². The molecule has 0 aliphatic heterocycles. The number of carbonyl (C=O) groups excluding carboxylic acids is 2. The molecule has 0 bridgehead atoms. The largest absolute Gasteiger partial charge is 0.468 e. The van der Waals surface area contributed by atoms with Crippen molar-refractivity contribution in [3.8, 4) is 5.75 Å². The van der Waals surface area contributed by atoms with Crippen LogP contribution in [0.15, 0.2) is 42.7 Å². The Morgan fingerprint density at radius 3 is 2.35 bits per heavy atom. The Kier molecular flexibility index (Phi) is 11.2. The van der Waals surface area contributed by atoms with Gasteiger partial charge in [-0.1, -0.05) is 12.1 Å². The second kappa shape index (κ2) is 14.2. The highest BCUT2D eigenvalue weighted by atomic mass is 31.2. The summed E-state index contributed by atoms with van der Waals surface area (Å²) in [7, 11) is -0.712. The molecular formula is C26H37N6O10P. The van der Waals surface area contributed by atoms with Crippen LogP contribution in [-0.4, -0.2) is 88.5 Å². The van der Waals surface area contributed by atoms with Gasteiger partial charge in [0.15, 0.2) is 5.82 Å². The Balaban J connectivity index is 1.82. The van der Waals surface area contributed by atoms with Crippen LogP contribution in [0.2, 0.25) is 0 Å². The Bertz CT molecular complexity index is 1450. The van der Waals surface area contributed by atoms with E-state index >= 15 is 0 Å². The number of nitrogens with zero attached hydrogens (tertiary/aromatic N) is 3. The van der Waals surface area contributed by atoms with Crippen LogP contribution in [0.25, 0.3) is 5.52 Å². The van der Waals surface area contributed by atoms with E-state index in [4.69, 9.17) is 30.0 Å². The molecule has 0 amide bonds. The molecule has 236 valence electrons. The number of aromatic nitrogens is 3. The molecule has 0 aliphatic carbocycles. The van der Waals surface area contributed by atoms with Crippen LogP contribution < -0.4 is 21.1 Å². The summed E-state index contributed by atoms with van der Waals surface area (Å²) < 4.78 is 41.4. The number of hydrogen-bond acceptors (Lipinski definition) is 14. The number of nitrogens with two attached hydrogens (primary N) is 2. The van der Waals surface area contributed by atoms with Crippen LogP contribution in [0.1, 0.15) is 31.2 Å². The molecule has 2 aromatic heterocycles. The number of nitrogens with one attached hydrogen (secondary N) is 1. The second-order valence-electron chi connectivity index (χ2n) is 9.82. The van der Waals surface area contributed by atoms with Gasteiger partial charge in [-0.2, -0.15) is 10.2 Å². The minimum absolute atomic E-state index is 0.0833. The zero-order valence-electron chi connectivity index (χ0n) is 24.4. The Morgan fingerprint density at radius 2 is 1.74 bits per heavy atom. The van der Waals surface area contributed by atoms with Crippen molar-refractivity contribution in [1.29, 1.82) is 0 Å². The Labute approximate surface area is 247 Å². The van der Waals surface area contributed by atoms with Crippen LogP contribution >= 0.6 is 7.75 Å². The van der Waals surface area contributed by atoms with Crippen molar-refractivity contribution in [2.24, 2.45) is 5.73 Å². The normalized spacial score (nSPS) is 17.2. The molecule has 16 nitrogen and oxygen atoms in total. The minimum Gasteiger partial charge on any atom is -0.468 e. The summed E-state index contributed by atoms with van der Waals surface area (Å²) in [5.74, 6) is -1.06. The zero-order chi connectivity index (χ0) is 31.9. The fourth-order valence-electron chi connectivity index (χ4n) is 4.04. The van der Waals surface area contributed by atoms with E-state index in [1.54, 1.807) is 18.2 Å². The van der Waals surface area contributed by atoms with Crippen LogP contribution in [0.4, 0.5) is 5.82 Å². The number of ether oxygens (including phenoxy) is 3. The van der Waals surface area contributed by atoms with Crippen molar-refractivity contribution < 1.29 is 47.6 Å². The number of fused-ring (bicyclic) bond motifs is 1. The van der Waals surface area contributed by atoms with Gasteiger partial charge in [0, 0.05) is 7.11 Å². The van der Waals surface area contributed by atoms with Gasteiger partial charge in [-0.3, -0.25) is 14.1 Å². The third kappa shape index (κ3) is 8.06. The molecule has 0 fully saturated rings. The second-order valence-corrected chi connectivity index (χ2v) is 11.5. The monoisotopic (exact) mass is 624 g/mol. The van der Waals surface area contributed by atoms with Gasteiger partial charge >= 0.3 is 19.7 Å². The average Bonchev–Trinajstić information content (AvgIpc) is 3.44. The van der Waals surface area contributed by atoms with E-state index in [-0.39, 0.29) is 23.7 Å². The zero-order valence-corrected chi connectivity index (χ0v) is 25.3. The smallest absolute Gasteiger partial charge is 0.459 e. The van der Waals surface area contributed by atoms with Gasteiger partial charge in [-0.05, 0) is 50.1 Å². The highest BCUT2D eigenvalue weighted by Gasteiger charge is 2.43. The van der Waals surface area contributed by atoms with E-state index < -0.39 is 56.2 Å². The number of rotatable bonds is 15. The van der Waals surface area contributed by atoms with Gasteiger partial charge in [0.2, 0.25) is 0 Å². The van der Waals surface area contributed by atoms with Crippen molar-refractivity contribution in [3.05, 3.63) is 54.0 Å². The van der Waals surface area contributed by atoms with Crippen LogP contribution in [0, 0.1) is 0 Å². The van der Waals surface area contributed by atoms with Crippen LogP contribution in [0.5, 0.6) is 5.75 Å². The van der Waals surface area contributed by atoms with Gasteiger partial charge in [0.1, 0.15) is 47.5 Å². The number of nitrogen functional groups attached to an aromatic ring is 1. The number of benzene rings is 1. The summed E-state index contributed by atoms with van der Waals surface area (Å²) >= 11 is 0. The third-order valence-corrected chi connectivity index (χ3v) is 8.36. The first-order chi connectivity index (χ1) is 20.3. The van der Waals surface area contributed by atoms with E-state index in [0.717, 1.165) is 7.11 Å². The van der Waals surface area contributed by atoms with E-state index in [0.29, 0.717) is 11.1 Å². The molecule has 2 heterocycles. The van der Waals surface area contributed by atoms with Crippen LogP contribution in [0.3, 0.4) is 0 Å². The van der Waals surface area contributed by atoms with E-state index in [2.05, 4.69) is 19.9 Å². The lowest BCUT2D eigenvalue weighted by molar-refractivity contribution is -0.153. The lowest BCUT2D eigenvalue weighted by Gasteiger charge is -2.36. The molecule has 7 N–H and O–H groups in total. The van der Waals surface area contributed by atoms with Gasteiger partial charge in [-0.25, -0.2) is 14.1 Å². The Morgan fingerprint density at radius 1 is 1.09 bits per heavy atom. The molecule has 1 unspecified atom stereocenters. The summed E-state index contributed by atoms with van der Waals surface area (Å²) in [6.07, 6.45) is -1.82. The first-order valence-corrected chi connectivity index (χ1v) is 14.5. The van der Waals surface area contributed by atoms with Gasteiger partial charge in [0.05, 0.1) is 26.5 Å². The molecule has 3 rings (SSSR count). The summed E-state index contributed by atoms with van der Waals surface area (Å²) in [6.45, 7) is 2.24. The summed E-state index contributed by atoms with van der Waals surface area (Å²) in [5, 5.41) is 28.8. The fraction of sp³-hybridized carbons (Fsp3) is 0.462. The number of aliphatic hydroxyl groups excluding tert-OH is 2. The Hall–Kier alpha value is -3.63. The number of hydrogen-bond donors (Lipinski definition) is 5. The SMILES string of the molecule is COC(=O)[C@H](C)NP(=O)(OC[C@@](C)(OC)[C@@H](O)[C@@H](O)c1ccc2c(N)ncnn12)Oc1ccc(C[C@H](N)C(=O)OC)cc1. The molecule has 3 aromatic rings. The van der Waals surface area contributed by atoms with Crippen molar-refractivity contribution in [3.63, 3.8) is 0 Å². The van der Waals surface area contributed by atoms with E-state index in [1.807, 2.05) is 0 Å². The number of aliphatic hydroxyl groups is 2. The highest BCUT2D eigenvalue weighted by Crippen LogP contribution is 2.46. The topological polar surface area (TPSA) is 232 Å². The molecule has 0 radical (unpaired) electrons. The first-order valence-electron chi connectivity index (χ1n) is 13.0. The van der Waals surface area contributed by atoms with E-state index in [1.165, 1.54) is 57.1 Å². The summed E-state index contributed by atoms with van der Waals surface area (Å²) in [6, 6.07) is 7.23. The summed E-state index contributed by atoms with van der Waals surface area (Å²) in [4.78, 5) is 27.6. The molecule has 17 heteroatoms. The quantitative estimate of drug-likeness (QED) is 0.114. The molecule has 6 atom stereocenters. The summed E-state index contributed by atoms with van der Waals surface area (Å²) in [5.41, 5.74) is 11.3. The van der Waals surface area contributed by atoms with E-state index in [9.17, 15) is 24.4 Å². The molecule has 43 heavy (non-hydrogen) atoms. The maximum atomic E-state index is 13.9. The van der Waals surface area contributed by atoms with Crippen molar-refractivity contribution >= 4 is 31.0 Å². The first kappa shape index (κ1) is 33.9. The van der Waals surface area contributed by atoms with Gasteiger partial charge in [-0.15, -0.1) is 0 Å². The van der Waals surface area contributed by atoms with Gasteiger partial charge < -0.3 is 40.4 Å². The predicted molar refractivity (Wildman–Crippen MR) is 153 cm³/mol. The highest BCUT2D eigenvalue weighted by molar-refractivity contribution is 7.52. The predicted octanol–water partition coefficient (Wildman–Crippen LogP) is 0.509. The standard InChI is InChI=1S/C26H37N6O10P/c1-15(24(35)38-3)31-43(37,42-17-8-6-16(7-9-17)12-18(27)25(36)39-4)41-13-26(2,40-5)22(34)21(33)19-10-11-20-23(28)29-14-30-32(19)20/h6-11,14-15,18,21-22,33-34H,12-13,27H2,1-5H3,(H,31,37)(H2,28,29,30)/t15-,18-,21-,22-,26+,43?/m0/s1. The van der Waals surface area contributed by atoms with Gasteiger partial charge in [0.25, 0.3) is 0 Å². The minimum atomic E-state index is -4.38. The molecule has 0 spiro atoms. The third-order valence-electron chi connectivity index (χ3n) is 6.74. The average molecular weight is 625 g/mol. The maximum absolute atomic E-state index is 13.9. The lowest BCUT2D eigenvalue weighted by Crippen LogP contribution is -2.49. The number of esters is 2. The maximum Gasteiger partial charge on any atom is 0.459 e. The number of carbonyl (C=O) groups is 2. The van der Waals surface area contributed by atoms with Crippen molar-refractivity contribution in [1.82, 2.24) is 19.7 Å². The fourth-order valence-corrected chi connectivity index (χ4v) is 5.63.